The Morgan fingerprint density at radius 3 is 2.48 bits per heavy atom. The Kier molecular flexibility index (Phi) is 5.73. The van der Waals surface area contributed by atoms with Crippen LogP contribution < -0.4 is 5.32 Å². The molecule has 0 radical (unpaired) electrons. The molecule has 1 saturated heterocycles. The zero-order valence-electron chi connectivity index (χ0n) is 17.5. The van der Waals surface area contributed by atoms with Gasteiger partial charge in [0.25, 0.3) is 5.91 Å². The second-order valence-corrected chi connectivity index (χ2v) is 8.79. The molecule has 1 aliphatic heterocycles. The number of aromatic nitrogens is 1. The third-order valence-corrected chi connectivity index (χ3v) is 6.81. The standard InChI is InChI=1S/C23H23Cl2N3O3/c1-13-18-17(9-8-16(24)19(18)25)26-20(13)21(29)27-23(10-11-28(2)12-23)15-6-4-14(5-7-15)22(30)31-3/h4-9,26H,10-12H2,1-3H3,(H,27,29). The van der Waals surface area contributed by atoms with Gasteiger partial charge in [-0.2, -0.15) is 0 Å². The van der Waals surface area contributed by atoms with Gasteiger partial charge in [0.1, 0.15) is 5.69 Å². The summed E-state index contributed by atoms with van der Waals surface area (Å²) in [6.07, 6.45) is 0.749. The van der Waals surface area contributed by atoms with Crippen LogP contribution in [0.5, 0.6) is 0 Å². The number of esters is 1. The number of nitrogens with one attached hydrogen (secondary N) is 2. The molecule has 0 aliphatic carbocycles. The number of carbonyl (C=O) groups excluding carboxylic acids is 2. The Labute approximate surface area is 190 Å². The third-order valence-electron chi connectivity index (χ3n) is 6.00. The van der Waals surface area contributed by atoms with Crippen LogP contribution in [0.4, 0.5) is 0 Å². The maximum Gasteiger partial charge on any atom is 0.337 e. The molecule has 4 rings (SSSR count). The molecular formula is C23H23Cl2N3O3. The first-order valence-electron chi connectivity index (χ1n) is 9.92. The minimum Gasteiger partial charge on any atom is -0.465 e. The van der Waals surface area contributed by atoms with Gasteiger partial charge in [-0.1, -0.05) is 35.3 Å². The van der Waals surface area contributed by atoms with Gasteiger partial charge in [0.2, 0.25) is 0 Å². The first-order chi connectivity index (χ1) is 14.8. The number of methoxy groups -OCH3 is 1. The Morgan fingerprint density at radius 2 is 1.87 bits per heavy atom. The van der Waals surface area contributed by atoms with Crippen LogP contribution in [0.15, 0.2) is 36.4 Å². The number of nitrogens with zero attached hydrogens (tertiary/aromatic N) is 1. The Morgan fingerprint density at radius 1 is 1.16 bits per heavy atom. The molecule has 0 spiro atoms. The molecule has 2 aromatic carbocycles. The quantitative estimate of drug-likeness (QED) is 0.561. The molecule has 0 saturated carbocycles. The van der Waals surface area contributed by atoms with Gasteiger partial charge in [0.05, 0.1) is 28.3 Å². The summed E-state index contributed by atoms with van der Waals surface area (Å²) in [5, 5.41) is 4.88. The van der Waals surface area contributed by atoms with Crippen LogP contribution >= 0.6 is 23.2 Å². The first-order valence-corrected chi connectivity index (χ1v) is 10.7. The number of likely N-dealkylation sites (N-methyl/N-ethyl adjacent to an activating group) is 1. The number of rotatable bonds is 4. The predicted molar refractivity (Wildman–Crippen MR) is 122 cm³/mol. The Balaban J connectivity index is 1.70. The van der Waals surface area contributed by atoms with Crippen molar-refractivity contribution in [2.75, 3.05) is 27.2 Å². The molecule has 1 aromatic heterocycles. The first kappa shape index (κ1) is 21.7. The van der Waals surface area contributed by atoms with Crippen molar-refractivity contribution in [2.45, 2.75) is 18.9 Å². The summed E-state index contributed by atoms with van der Waals surface area (Å²) in [6, 6.07) is 10.7. The number of ether oxygens (including phenoxy) is 1. The van der Waals surface area contributed by atoms with Crippen LogP contribution in [0, 0.1) is 6.92 Å². The molecule has 2 N–H and O–H groups in total. The highest BCUT2D eigenvalue weighted by Crippen LogP contribution is 2.36. The van der Waals surface area contributed by atoms with Gasteiger partial charge in [-0.15, -0.1) is 0 Å². The highest BCUT2D eigenvalue weighted by molar-refractivity contribution is 6.45. The summed E-state index contributed by atoms with van der Waals surface area (Å²) in [4.78, 5) is 30.5. The number of aromatic amines is 1. The van der Waals surface area contributed by atoms with Crippen molar-refractivity contribution < 1.29 is 14.3 Å². The van der Waals surface area contributed by atoms with Gasteiger partial charge >= 0.3 is 5.97 Å². The fraction of sp³-hybridized carbons (Fsp3) is 0.304. The van der Waals surface area contributed by atoms with Crippen molar-refractivity contribution >= 4 is 46.0 Å². The molecule has 1 atom stereocenters. The van der Waals surface area contributed by atoms with Gasteiger partial charge < -0.3 is 19.9 Å². The third kappa shape index (κ3) is 3.80. The lowest BCUT2D eigenvalue weighted by atomic mass is 9.88. The number of aryl methyl sites for hydroxylation is 1. The highest BCUT2D eigenvalue weighted by Gasteiger charge is 2.40. The number of benzene rings is 2. The average molecular weight is 460 g/mol. The summed E-state index contributed by atoms with van der Waals surface area (Å²) in [6.45, 7) is 3.35. The molecule has 2 heterocycles. The molecule has 0 bridgehead atoms. The second-order valence-electron chi connectivity index (χ2n) is 8.00. The number of hydrogen-bond acceptors (Lipinski definition) is 4. The Bertz CT molecular complexity index is 1170. The number of likely N-dealkylation sites (tertiary alicyclic amines) is 1. The SMILES string of the molecule is COC(=O)c1ccc(C2(NC(=O)c3[nH]c4ccc(Cl)c(Cl)c4c3C)CCN(C)C2)cc1. The fourth-order valence-corrected chi connectivity index (χ4v) is 4.80. The average Bonchev–Trinajstić information content (AvgIpc) is 3.31. The van der Waals surface area contributed by atoms with Crippen LogP contribution in [0.3, 0.4) is 0 Å². The minimum atomic E-state index is -0.578. The van der Waals surface area contributed by atoms with Crippen LogP contribution in [-0.4, -0.2) is 49.0 Å². The van der Waals surface area contributed by atoms with Gasteiger partial charge in [-0.25, -0.2) is 4.79 Å². The molecular weight excluding hydrogens is 437 g/mol. The summed E-state index contributed by atoms with van der Waals surface area (Å²) in [7, 11) is 3.37. The van der Waals surface area contributed by atoms with Crippen molar-refractivity contribution in [2.24, 2.45) is 0 Å². The summed E-state index contributed by atoms with van der Waals surface area (Å²) in [5.74, 6) is -0.606. The van der Waals surface area contributed by atoms with Gasteiger partial charge in [0.15, 0.2) is 0 Å². The van der Waals surface area contributed by atoms with Crippen LogP contribution in [0.25, 0.3) is 10.9 Å². The van der Waals surface area contributed by atoms with E-state index >= 15 is 0 Å². The maximum atomic E-state index is 13.4. The number of halogens is 2. The Hall–Kier alpha value is -2.54. The highest BCUT2D eigenvalue weighted by atomic mass is 35.5. The zero-order valence-corrected chi connectivity index (χ0v) is 19.0. The van der Waals surface area contributed by atoms with Gasteiger partial charge in [0, 0.05) is 24.0 Å². The number of carbonyl (C=O) groups is 2. The number of H-pyrrole nitrogens is 1. The van der Waals surface area contributed by atoms with Crippen LogP contribution in [0.2, 0.25) is 10.0 Å². The molecule has 1 aliphatic rings. The van der Waals surface area contributed by atoms with Crippen molar-refractivity contribution in [3.05, 3.63) is 68.8 Å². The van der Waals surface area contributed by atoms with E-state index in [0.29, 0.717) is 27.8 Å². The lowest BCUT2D eigenvalue weighted by Gasteiger charge is -2.31. The number of amides is 1. The normalized spacial score (nSPS) is 19.0. The molecule has 1 unspecified atom stereocenters. The predicted octanol–water partition coefficient (Wildman–Crippen LogP) is 4.53. The number of hydrogen-bond donors (Lipinski definition) is 2. The summed E-state index contributed by atoms with van der Waals surface area (Å²) in [5.41, 5.74) is 2.80. The summed E-state index contributed by atoms with van der Waals surface area (Å²) < 4.78 is 4.78. The molecule has 1 fully saturated rings. The van der Waals surface area contributed by atoms with E-state index in [1.54, 1.807) is 18.2 Å². The van der Waals surface area contributed by atoms with E-state index in [1.807, 2.05) is 32.2 Å². The lowest BCUT2D eigenvalue weighted by molar-refractivity contribution is 0.0600. The number of fused-ring (bicyclic) bond motifs is 1. The maximum absolute atomic E-state index is 13.4. The molecule has 1 amide bonds. The van der Waals surface area contributed by atoms with E-state index in [2.05, 4.69) is 15.2 Å². The van der Waals surface area contributed by atoms with Gasteiger partial charge in [-0.3, -0.25) is 4.79 Å². The van der Waals surface area contributed by atoms with Crippen LogP contribution in [-0.2, 0) is 10.3 Å². The summed E-state index contributed by atoms with van der Waals surface area (Å²) >= 11 is 12.6. The van der Waals surface area contributed by atoms with E-state index in [4.69, 9.17) is 27.9 Å². The monoisotopic (exact) mass is 459 g/mol. The van der Waals surface area contributed by atoms with E-state index in [0.717, 1.165) is 35.0 Å². The van der Waals surface area contributed by atoms with Crippen molar-refractivity contribution in [3.8, 4) is 0 Å². The fourth-order valence-electron chi connectivity index (χ4n) is 4.34. The molecule has 8 heteroatoms. The zero-order chi connectivity index (χ0) is 22.3. The lowest BCUT2D eigenvalue weighted by Crippen LogP contribution is -2.47. The second kappa shape index (κ2) is 8.19. The van der Waals surface area contributed by atoms with Crippen molar-refractivity contribution in [1.82, 2.24) is 15.2 Å². The minimum absolute atomic E-state index is 0.215. The van der Waals surface area contributed by atoms with E-state index in [1.165, 1.54) is 7.11 Å². The van der Waals surface area contributed by atoms with E-state index < -0.39 is 11.5 Å². The van der Waals surface area contributed by atoms with Gasteiger partial charge in [-0.05, 0) is 55.8 Å². The molecule has 3 aromatic rings. The van der Waals surface area contributed by atoms with E-state index in [-0.39, 0.29) is 5.91 Å². The van der Waals surface area contributed by atoms with Crippen molar-refractivity contribution in [3.63, 3.8) is 0 Å². The molecule has 6 nitrogen and oxygen atoms in total. The smallest absolute Gasteiger partial charge is 0.337 e. The topological polar surface area (TPSA) is 74.4 Å². The molecule has 162 valence electrons. The van der Waals surface area contributed by atoms with Crippen LogP contribution in [0.1, 0.15) is 38.4 Å². The van der Waals surface area contributed by atoms with Crippen molar-refractivity contribution in [1.29, 1.82) is 0 Å². The largest absolute Gasteiger partial charge is 0.465 e. The van der Waals surface area contributed by atoms with E-state index in [9.17, 15) is 9.59 Å². The molecule has 31 heavy (non-hydrogen) atoms.